The summed E-state index contributed by atoms with van der Waals surface area (Å²) in [5.74, 6) is -0.107. The number of fused-ring (bicyclic) bond motifs is 3. The molecule has 4 rings (SSSR count). The van der Waals surface area contributed by atoms with Crippen LogP contribution in [-0.4, -0.2) is 10.2 Å². The van der Waals surface area contributed by atoms with Gasteiger partial charge in [-0.25, -0.2) is 0 Å². The number of hydrogen-bond donors (Lipinski definition) is 0. The average Bonchev–Trinajstić information content (AvgIpc) is 2.73. The summed E-state index contributed by atoms with van der Waals surface area (Å²) < 4.78 is 0. The van der Waals surface area contributed by atoms with Crippen molar-refractivity contribution in [1.82, 2.24) is 0 Å². The summed E-state index contributed by atoms with van der Waals surface area (Å²) in [4.78, 5) is 23.9. The molecule has 2 aliphatic heterocycles. The third-order valence-electron chi connectivity index (χ3n) is 3.68. The van der Waals surface area contributed by atoms with E-state index in [1.54, 1.807) is 0 Å². The maximum atomic E-state index is 11.9. The molecule has 0 spiro atoms. The largest absolute Gasteiger partial charge is 0.287 e. The van der Waals surface area contributed by atoms with Gasteiger partial charge in [0, 0.05) is 10.5 Å². The van der Waals surface area contributed by atoms with E-state index in [9.17, 15) is 9.59 Å². The Kier molecular flexibility index (Phi) is 1.70. The van der Waals surface area contributed by atoms with E-state index >= 15 is 0 Å². The number of benzene rings is 1. The molecule has 0 amide bonds. The van der Waals surface area contributed by atoms with Crippen molar-refractivity contribution < 1.29 is 9.59 Å². The molecule has 4 atom stereocenters. The molecule has 80 valence electrons. The van der Waals surface area contributed by atoms with Crippen molar-refractivity contribution in [3.05, 3.63) is 35.4 Å². The van der Waals surface area contributed by atoms with E-state index in [0.717, 1.165) is 0 Å². The second kappa shape index (κ2) is 2.93. The van der Waals surface area contributed by atoms with Gasteiger partial charge in [0.25, 0.3) is 0 Å². The minimum atomic E-state index is -0.0533. The molecule has 0 radical (unpaired) electrons. The molecule has 2 heterocycles. The van der Waals surface area contributed by atoms with Crippen LogP contribution in [-0.2, 0) is 9.59 Å². The molecule has 0 saturated carbocycles. The number of carbonyl (C=O) groups is 2. The van der Waals surface area contributed by atoms with Crippen molar-refractivity contribution in [3.63, 3.8) is 0 Å². The number of thioether (sulfide) groups is 2. The van der Waals surface area contributed by atoms with Gasteiger partial charge in [0.1, 0.15) is 0 Å². The average molecular weight is 248 g/mol. The Bertz CT molecular complexity index is 479. The molecule has 16 heavy (non-hydrogen) atoms. The maximum Gasteiger partial charge on any atom is 0.194 e. The van der Waals surface area contributed by atoms with Crippen LogP contribution in [0.25, 0.3) is 0 Å². The molecular weight excluding hydrogens is 240 g/mol. The van der Waals surface area contributed by atoms with Crippen molar-refractivity contribution in [2.24, 2.45) is 11.8 Å². The maximum absolute atomic E-state index is 11.9. The lowest BCUT2D eigenvalue weighted by Gasteiger charge is -2.25. The number of rotatable bonds is 0. The summed E-state index contributed by atoms with van der Waals surface area (Å²) in [7, 11) is 0. The highest BCUT2D eigenvalue weighted by atomic mass is 32.2. The van der Waals surface area contributed by atoms with E-state index in [1.165, 1.54) is 34.7 Å². The summed E-state index contributed by atoms with van der Waals surface area (Å²) in [6.07, 6.45) is 0. The van der Waals surface area contributed by atoms with E-state index in [0.29, 0.717) is 0 Å². The molecular formula is C12H8O2S2. The topological polar surface area (TPSA) is 34.1 Å². The molecule has 3 aliphatic rings. The van der Waals surface area contributed by atoms with Crippen molar-refractivity contribution in [2.75, 3.05) is 0 Å². The van der Waals surface area contributed by atoms with Gasteiger partial charge in [0.15, 0.2) is 10.2 Å². The monoisotopic (exact) mass is 248 g/mol. The summed E-state index contributed by atoms with van der Waals surface area (Å²) in [5.41, 5.74) is 2.42. The van der Waals surface area contributed by atoms with Crippen LogP contribution in [0.3, 0.4) is 0 Å². The van der Waals surface area contributed by atoms with E-state index in [-0.39, 0.29) is 32.6 Å². The lowest BCUT2D eigenvalue weighted by Crippen LogP contribution is -2.24. The minimum Gasteiger partial charge on any atom is -0.287 e. The third kappa shape index (κ3) is 0.931. The molecule has 2 nitrogen and oxygen atoms in total. The second-order valence-corrected chi connectivity index (χ2v) is 6.69. The van der Waals surface area contributed by atoms with Gasteiger partial charge in [-0.15, -0.1) is 0 Å². The first-order valence-corrected chi connectivity index (χ1v) is 7.03. The van der Waals surface area contributed by atoms with Crippen LogP contribution in [0, 0.1) is 11.8 Å². The standard InChI is InChI=1S/C12H8O2S2/c13-11-7-8-10(16-11)6-4-2-1-3-5(6)9(7)15-12(8)14/h1-4,7-10H. The van der Waals surface area contributed by atoms with E-state index in [2.05, 4.69) is 12.1 Å². The Labute approximate surface area is 101 Å². The highest BCUT2D eigenvalue weighted by Gasteiger charge is 2.61. The van der Waals surface area contributed by atoms with Crippen molar-refractivity contribution in [1.29, 1.82) is 0 Å². The molecule has 0 aromatic heterocycles. The Morgan fingerprint density at radius 2 is 1.25 bits per heavy atom. The van der Waals surface area contributed by atoms with Crippen LogP contribution in [0.15, 0.2) is 24.3 Å². The zero-order valence-corrected chi connectivity index (χ0v) is 9.88. The van der Waals surface area contributed by atoms with Crippen LogP contribution >= 0.6 is 23.5 Å². The quantitative estimate of drug-likeness (QED) is 0.706. The lowest BCUT2D eigenvalue weighted by molar-refractivity contribution is -0.120. The SMILES string of the molecule is O=C1SC2c3ccccc3C3SC(=O)C2C13. The first-order valence-electron chi connectivity index (χ1n) is 5.27. The molecule has 1 aromatic carbocycles. The fourth-order valence-electron chi connectivity index (χ4n) is 3.01. The lowest BCUT2D eigenvalue weighted by atomic mass is 9.77. The normalized spacial score (nSPS) is 39.0. The van der Waals surface area contributed by atoms with Gasteiger partial charge in [0.05, 0.1) is 11.8 Å². The smallest absolute Gasteiger partial charge is 0.194 e. The van der Waals surface area contributed by atoms with Crippen LogP contribution in [0.2, 0.25) is 0 Å². The van der Waals surface area contributed by atoms with Gasteiger partial charge >= 0.3 is 0 Å². The molecule has 1 aliphatic carbocycles. The number of hydrogen-bond acceptors (Lipinski definition) is 4. The highest BCUT2D eigenvalue weighted by Crippen LogP contribution is 2.67. The highest BCUT2D eigenvalue weighted by molar-refractivity contribution is 8.17. The molecule has 4 heteroatoms. The zero-order valence-electron chi connectivity index (χ0n) is 8.25. The fraction of sp³-hybridized carbons (Fsp3) is 0.333. The van der Waals surface area contributed by atoms with Crippen molar-refractivity contribution in [3.8, 4) is 0 Å². The first kappa shape index (κ1) is 9.31. The summed E-state index contributed by atoms with van der Waals surface area (Å²) in [6, 6.07) is 8.14. The van der Waals surface area contributed by atoms with Crippen LogP contribution < -0.4 is 0 Å². The van der Waals surface area contributed by atoms with Gasteiger partial charge in [-0.2, -0.15) is 0 Å². The molecule has 4 bridgehead atoms. The predicted molar refractivity (Wildman–Crippen MR) is 64.1 cm³/mol. The van der Waals surface area contributed by atoms with E-state index in [1.807, 2.05) is 12.1 Å². The van der Waals surface area contributed by atoms with Crippen LogP contribution in [0.1, 0.15) is 21.6 Å². The van der Waals surface area contributed by atoms with Crippen LogP contribution in [0.4, 0.5) is 0 Å². The molecule has 2 fully saturated rings. The fourth-order valence-corrected chi connectivity index (χ4v) is 6.13. The predicted octanol–water partition coefficient (Wildman–Crippen LogP) is 2.56. The van der Waals surface area contributed by atoms with Gasteiger partial charge < -0.3 is 0 Å². The Balaban J connectivity index is 2.01. The molecule has 2 saturated heterocycles. The number of carbonyl (C=O) groups excluding carboxylic acids is 2. The summed E-state index contributed by atoms with van der Waals surface area (Å²) in [5, 5.41) is 0.615. The van der Waals surface area contributed by atoms with Gasteiger partial charge in [0.2, 0.25) is 0 Å². The van der Waals surface area contributed by atoms with Crippen LogP contribution in [0.5, 0.6) is 0 Å². The van der Waals surface area contributed by atoms with E-state index in [4.69, 9.17) is 0 Å². The molecule has 1 aromatic rings. The Morgan fingerprint density at radius 1 is 0.812 bits per heavy atom. The first-order chi connectivity index (χ1) is 7.77. The summed E-state index contributed by atoms with van der Waals surface area (Å²) >= 11 is 2.75. The Hall–Kier alpha value is -0.740. The Morgan fingerprint density at radius 3 is 1.69 bits per heavy atom. The van der Waals surface area contributed by atoms with Crippen molar-refractivity contribution in [2.45, 2.75) is 10.5 Å². The molecule has 0 N–H and O–H groups in total. The molecule has 4 unspecified atom stereocenters. The summed E-state index contributed by atoms with van der Waals surface area (Å²) in [6.45, 7) is 0. The third-order valence-corrected chi connectivity index (χ3v) is 6.29. The van der Waals surface area contributed by atoms with E-state index < -0.39 is 0 Å². The van der Waals surface area contributed by atoms with Crippen molar-refractivity contribution >= 4 is 33.8 Å². The van der Waals surface area contributed by atoms with Gasteiger partial charge in [-0.05, 0) is 11.1 Å². The minimum absolute atomic E-state index is 0.0533. The van der Waals surface area contributed by atoms with Gasteiger partial charge in [-0.1, -0.05) is 47.8 Å². The second-order valence-electron chi connectivity index (χ2n) is 4.40. The van der Waals surface area contributed by atoms with Gasteiger partial charge in [-0.3, -0.25) is 9.59 Å². The zero-order chi connectivity index (χ0) is 10.9.